The van der Waals surface area contributed by atoms with E-state index in [1.807, 2.05) is 56.3 Å². The highest BCUT2D eigenvalue weighted by atomic mass is 16.4. The van der Waals surface area contributed by atoms with Crippen LogP contribution in [-0.2, 0) is 4.79 Å². The molecule has 32 heavy (non-hydrogen) atoms. The molecule has 0 spiro atoms. The zero-order chi connectivity index (χ0) is 23.5. The molecule has 2 N–H and O–H groups in total. The Hall–Kier alpha value is -3.08. The number of rotatable bonds is 11. The van der Waals surface area contributed by atoms with Crippen LogP contribution in [0, 0.1) is 6.92 Å². The second-order valence-electron chi connectivity index (χ2n) is 8.15. The largest absolute Gasteiger partial charge is 0.478 e. The molecular weight excluding hydrogens is 400 g/mol. The molecule has 2 rings (SSSR count). The van der Waals surface area contributed by atoms with Gasteiger partial charge < -0.3 is 10.4 Å². The third-order valence-corrected chi connectivity index (χ3v) is 5.69. The number of aliphatic carboxylic acids is 1. The monoisotopic (exact) mass is 436 g/mol. The van der Waals surface area contributed by atoms with Crippen LogP contribution >= 0.6 is 0 Å². The van der Waals surface area contributed by atoms with E-state index < -0.39 is 5.97 Å². The van der Waals surface area contributed by atoms with Crippen molar-refractivity contribution in [3.05, 3.63) is 59.2 Å². The quantitative estimate of drug-likeness (QED) is 0.306. The zero-order valence-electron chi connectivity index (χ0n) is 19.8. The van der Waals surface area contributed by atoms with Gasteiger partial charge in [0.15, 0.2) is 0 Å². The van der Waals surface area contributed by atoms with Crippen LogP contribution in [-0.4, -0.2) is 30.7 Å². The highest BCUT2D eigenvalue weighted by Crippen LogP contribution is 2.28. The van der Waals surface area contributed by atoms with Gasteiger partial charge in [0.05, 0.1) is 0 Å². The van der Waals surface area contributed by atoms with Crippen LogP contribution in [0.3, 0.4) is 0 Å². The Bertz CT molecular complexity index is 932. The third kappa shape index (κ3) is 7.26. The maximum Gasteiger partial charge on any atom is 0.331 e. The third-order valence-electron chi connectivity index (χ3n) is 5.69. The average molecular weight is 437 g/mol. The molecule has 0 aliphatic carbocycles. The number of benzene rings is 2. The number of amides is 2. The van der Waals surface area contributed by atoms with E-state index in [9.17, 15) is 14.7 Å². The minimum atomic E-state index is -0.887. The second kappa shape index (κ2) is 12.7. The molecule has 2 aromatic carbocycles. The first-order valence-electron chi connectivity index (χ1n) is 11.5. The molecule has 2 aromatic rings. The smallest absolute Gasteiger partial charge is 0.331 e. The Morgan fingerprint density at radius 2 is 1.69 bits per heavy atom. The number of nitrogens with zero attached hydrogens (tertiary/aromatic N) is 1. The van der Waals surface area contributed by atoms with Gasteiger partial charge in [-0.15, -0.1) is 0 Å². The molecule has 0 unspecified atom stereocenters. The fraction of sp³-hybridized carbons (Fsp3) is 0.407. The number of carboxylic acids is 1. The summed E-state index contributed by atoms with van der Waals surface area (Å²) < 4.78 is 0. The number of unbranched alkanes of at least 4 members (excludes halogenated alkanes) is 4. The SMILES string of the molecule is CCCCCCCNC(=O)N(C)c1ccc(C)c(-c2ccc(/C=C(\CC)C(=O)O)cc2)c1. The van der Waals surface area contributed by atoms with Crippen molar-refractivity contribution in [1.29, 1.82) is 0 Å². The van der Waals surface area contributed by atoms with E-state index in [1.165, 1.54) is 19.3 Å². The Kier molecular flexibility index (Phi) is 9.99. The lowest BCUT2D eigenvalue weighted by Gasteiger charge is -2.20. The van der Waals surface area contributed by atoms with Crippen molar-refractivity contribution in [3.63, 3.8) is 0 Å². The summed E-state index contributed by atoms with van der Waals surface area (Å²) in [6, 6.07) is 13.7. The van der Waals surface area contributed by atoms with E-state index in [0.29, 0.717) is 18.5 Å². The molecule has 0 heterocycles. The molecule has 0 bridgehead atoms. The molecule has 0 atom stereocenters. The minimum absolute atomic E-state index is 0.100. The topological polar surface area (TPSA) is 69.6 Å². The van der Waals surface area contributed by atoms with Crippen LogP contribution in [0.4, 0.5) is 10.5 Å². The number of carbonyl (C=O) groups excluding carboxylic acids is 1. The summed E-state index contributed by atoms with van der Waals surface area (Å²) in [6.07, 6.45) is 8.00. The first-order valence-corrected chi connectivity index (χ1v) is 11.5. The van der Waals surface area contributed by atoms with Gasteiger partial charge in [-0.05, 0) is 60.2 Å². The highest BCUT2D eigenvalue weighted by Gasteiger charge is 2.12. The highest BCUT2D eigenvalue weighted by molar-refractivity contribution is 5.93. The Morgan fingerprint density at radius 3 is 2.31 bits per heavy atom. The van der Waals surface area contributed by atoms with Crippen molar-refractivity contribution in [2.24, 2.45) is 0 Å². The van der Waals surface area contributed by atoms with E-state index >= 15 is 0 Å². The fourth-order valence-electron chi connectivity index (χ4n) is 3.56. The molecule has 0 aliphatic rings. The Balaban J connectivity index is 2.10. The maximum absolute atomic E-state index is 12.6. The lowest BCUT2D eigenvalue weighted by molar-refractivity contribution is -0.132. The summed E-state index contributed by atoms with van der Waals surface area (Å²) in [4.78, 5) is 25.4. The predicted octanol–water partition coefficient (Wildman–Crippen LogP) is 6.66. The van der Waals surface area contributed by atoms with Crippen LogP contribution < -0.4 is 10.2 Å². The van der Waals surface area contributed by atoms with E-state index in [1.54, 1.807) is 18.0 Å². The molecule has 172 valence electrons. The molecule has 0 saturated carbocycles. The lowest BCUT2D eigenvalue weighted by atomic mass is 9.98. The molecule has 0 fully saturated rings. The van der Waals surface area contributed by atoms with Crippen molar-refractivity contribution >= 4 is 23.8 Å². The number of hydrogen-bond acceptors (Lipinski definition) is 2. The maximum atomic E-state index is 12.6. The van der Waals surface area contributed by atoms with E-state index in [0.717, 1.165) is 40.8 Å². The second-order valence-corrected chi connectivity index (χ2v) is 8.15. The van der Waals surface area contributed by atoms with Crippen molar-refractivity contribution < 1.29 is 14.7 Å². The summed E-state index contributed by atoms with van der Waals surface area (Å²) in [5.74, 6) is -0.887. The fourth-order valence-corrected chi connectivity index (χ4v) is 3.56. The van der Waals surface area contributed by atoms with E-state index in [4.69, 9.17) is 0 Å². The van der Waals surface area contributed by atoms with Gasteiger partial charge in [0, 0.05) is 24.9 Å². The minimum Gasteiger partial charge on any atom is -0.478 e. The van der Waals surface area contributed by atoms with Gasteiger partial charge in [-0.3, -0.25) is 4.90 Å². The molecular formula is C27H36N2O3. The molecule has 0 aromatic heterocycles. The summed E-state index contributed by atoms with van der Waals surface area (Å²) in [6.45, 7) is 6.77. The average Bonchev–Trinajstić information content (AvgIpc) is 2.79. The molecule has 5 heteroatoms. The molecule has 0 saturated heterocycles. The Morgan fingerprint density at radius 1 is 1.00 bits per heavy atom. The molecule has 0 radical (unpaired) electrons. The van der Waals surface area contributed by atoms with Gasteiger partial charge in [0.2, 0.25) is 0 Å². The number of carboxylic acid groups (broad SMARTS) is 1. The number of urea groups is 1. The van der Waals surface area contributed by atoms with Gasteiger partial charge in [0.1, 0.15) is 0 Å². The van der Waals surface area contributed by atoms with Crippen molar-refractivity contribution in [2.45, 2.75) is 59.3 Å². The van der Waals surface area contributed by atoms with Crippen LogP contribution in [0.15, 0.2) is 48.0 Å². The van der Waals surface area contributed by atoms with Gasteiger partial charge in [-0.25, -0.2) is 9.59 Å². The van der Waals surface area contributed by atoms with Gasteiger partial charge in [-0.1, -0.05) is 69.9 Å². The van der Waals surface area contributed by atoms with Crippen LogP contribution in [0.25, 0.3) is 17.2 Å². The number of carbonyl (C=O) groups is 2. The number of nitrogens with one attached hydrogen (secondary N) is 1. The van der Waals surface area contributed by atoms with Gasteiger partial charge in [-0.2, -0.15) is 0 Å². The zero-order valence-corrected chi connectivity index (χ0v) is 19.8. The first-order chi connectivity index (χ1) is 15.4. The summed E-state index contributed by atoms with van der Waals surface area (Å²) >= 11 is 0. The molecule has 5 nitrogen and oxygen atoms in total. The lowest BCUT2D eigenvalue weighted by Crippen LogP contribution is -2.37. The predicted molar refractivity (Wildman–Crippen MR) is 133 cm³/mol. The van der Waals surface area contributed by atoms with E-state index in [-0.39, 0.29) is 6.03 Å². The van der Waals surface area contributed by atoms with Crippen molar-refractivity contribution in [2.75, 3.05) is 18.5 Å². The van der Waals surface area contributed by atoms with Crippen LogP contribution in [0.2, 0.25) is 0 Å². The number of anilines is 1. The first kappa shape index (κ1) is 25.2. The van der Waals surface area contributed by atoms with Gasteiger partial charge >= 0.3 is 12.0 Å². The summed E-state index contributed by atoms with van der Waals surface area (Å²) in [5.41, 5.74) is 5.26. The van der Waals surface area contributed by atoms with Gasteiger partial charge in [0.25, 0.3) is 0 Å². The molecule has 2 amide bonds. The number of hydrogen-bond donors (Lipinski definition) is 2. The van der Waals surface area contributed by atoms with Crippen LogP contribution in [0.1, 0.15) is 63.5 Å². The summed E-state index contributed by atoms with van der Waals surface area (Å²) in [5, 5.41) is 12.2. The van der Waals surface area contributed by atoms with Crippen molar-refractivity contribution in [1.82, 2.24) is 5.32 Å². The Labute approximate surface area is 192 Å². The van der Waals surface area contributed by atoms with E-state index in [2.05, 4.69) is 12.2 Å². The van der Waals surface area contributed by atoms with Crippen LogP contribution in [0.5, 0.6) is 0 Å². The molecule has 0 aliphatic heterocycles. The van der Waals surface area contributed by atoms with Crippen molar-refractivity contribution in [3.8, 4) is 11.1 Å². The normalized spacial score (nSPS) is 11.3. The standard InChI is InChI=1S/C27H36N2O3/c1-5-7-8-9-10-17-28-27(32)29(4)24-16-11-20(3)25(19-24)23-14-12-21(13-15-23)18-22(6-2)26(30)31/h11-16,18-19H,5-10,17H2,1-4H3,(H,28,32)(H,30,31)/b22-18+. The number of aryl methyl sites for hydroxylation is 1. The summed E-state index contributed by atoms with van der Waals surface area (Å²) in [7, 11) is 1.78.